The van der Waals surface area contributed by atoms with Crippen molar-refractivity contribution in [2.24, 2.45) is 7.05 Å². The molecule has 0 radical (unpaired) electrons. The van der Waals surface area contributed by atoms with Crippen LogP contribution >= 0.6 is 0 Å². The van der Waals surface area contributed by atoms with E-state index in [2.05, 4.69) is 5.32 Å². The number of alkyl halides is 3. The number of halogens is 3. The first-order chi connectivity index (χ1) is 17.2. The molecule has 3 rings (SSSR count). The maximum atomic E-state index is 13.4. The topological polar surface area (TPSA) is 57.6 Å². The van der Waals surface area contributed by atoms with Gasteiger partial charge in [0.1, 0.15) is 6.54 Å². The number of rotatable bonds is 10. The van der Waals surface area contributed by atoms with Crippen molar-refractivity contribution >= 4 is 17.6 Å². The van der Waals surface area contributed by atoms with Crippen molar-refractivity contribution in [1.29, 1.82) is 0 Å². The third-order valence-corrected chi connectivity index (χ3v) is 5.81. The van der Waals surface area contributed by atoms with Crippen LogP contribution in [-0.2, 0) is 31.1 Å². The third-order valence-electron chi connectivity index (χ3n) is 5.81. The molecule has 0 saturated heterocycles. The molecule has 192 valence electrons. The minimum Gasteiger partial charge on any atom is -0.353 e. The average Bonchev–Trinajstić information content (AvgIpc) is 3.25. The Bertz CT molecular complexity index is 1150. The van der Waals surface area contributed by atoms with Gasteiger partial charge in [-0.15, -0.1) is 0 Å². The van der Waals surface area contributed by atoms with Gasteiger partial charge in [0.2, 0.25) is 5.91 Å². The van der Waals surface area contributed by atoms with E-state index in [0.29, 0.717) is 26.1 Å². The van der Waals surface area contributed by atoms with Crippen molar-refractivity contribution in [3.63, 3.8) is 0 Å². The van der Waals surface area contributed by atoms with Gasteiger partial charge in [-0.3, -0.25) is 4.79 Å². The lowest BCUT2D eigenvalue weighted by atomic mass is 10.2. The van der Waals surface area contributed by atoms with Crippen molar-refractivity contribution in [3.05, 3.63) is 89.7 Å². The highest BCUT2D eigenvalue weighted by Crippen LogP contribution is 2.30. The van der Waals surface area contributed by atoms with Crippen LogP contribution in [-0.4, -0.2) is 39.4 Å². The van der Waals surface area contributed by atoms with E-state index in [4.69, 9.17) is 0 Å². The number of aromatic nitrogens is 1. The smallest absolute Gasteiger partial charge is 0.353 e. The Morgan fingerprint density at radius 3 is 2.33 bits per heavy atom. The van der Waals surface area contributed by atoms with Gasteiger partial charge in [-0.05, 0) is 42.3 Å². The molecule has 0 unspecified atom stereocenters. The van der Waals surface area contributed by atoms with Gasteiger partial charge in [-0.2, -0.15) is 13.2 Å². The Labute approximate surface area is 209 Å². The number of nitrogens with one attached hydrogen (secondary N) is 1. The summed E-state index contributed by atoms with van der Waals surface area (Å²) < 4.78 is 41.2. The lowest BCUT2D eigenvalue weighted by Crippen LogP contribution is -2.44. The quantitative estimate of drug-likeness (QED) is 0.376. The standard InChI is InChI=1S/C27H31F3N4O2/c1-3-4-16-33(26(36)31-23-13-8-12-22(17-23)27(28,29)30)20-25(35)34(18-21-10-6-5-7-11-21)19-24-14-9-15-32(24)2/h5-15,17H,3-4,16,18-20H2,1-2H3,(H,31,36). The van der Waals surface area contributed by atoms with Gasteiger partial charge in [-0.1, -0.05) is 49.7 Å². The predicted molar refractivity (Wildman–Crippen MR) is 133 cm³/mol. The molecule has 3 amide bonds. The molecule has 0 atom stereocenters. The highest BCUT2D eigenvalue weighted by atomic mass is 19.4. The highest BCUT2D eigenvalue weighted by molar-refractivity contribution is 5.92. The van der Waals surface area contributed by atoms with Crippen molar-refractivity contribution in [2.45, 2.75) is 39.0 Å². The molecule has 1 heterocycles. The van der Waals surface area contributed by atoms with Gasteiger partial charge >= 0.3 is 12.2 Å². The minimum absolute atomic E-state index is 0.0220. The maximum Gasteiger partial charge on any atom is 0.416 e. The van der Waals surface area contributed by atoms with E-state index in [1.165, 1.54) is 17.0 Å². The molecule has 6 nitrogen and oxygen atoms in total. The molecule has 0 aliphatic heterocycles. The summed E-state index contributed by atoms with van der Waals surface area (Å²) in [5.41, 5.74) is 1.06. The number of anilines is 1. The lowest BCUT2D eigenvalue weighted by Gasteiger charge is -2.28. The molecule has 0 spiro atoms. The van der Waals surface area contributed by atoms with Crippen molar-refractivity contribution in [1.82, 2.24) is 14.4 Å². The summed E-state index contributed by atoms with van der Waals surface area (Å²) in [5.74, 6) is -0.254. The first kappa shape index (κ1) is 26.8. The lowest BCUT2D eigenvalue weighted by molar-refractivity contribution is -0.137. The van der Waals surface area contributed by atoms with Gasteiger partial charge in [0.15, 0.2) is 0 Å². The largest absolute Gasteiger partial charge is 0.416 e. The highest BCUT2D eigenvalue weighted by Gasteiger charge is 2.30. The zero-order valence-electron chi connectivity index (χ0n) is 20.5. The number of carbonyl (C=O) groups excluding carboxylic acids is 2. The molecule has 1 N–H and O–H groups in total. The number of aryl methyl sites for hydroxylation is 1. The van der Waals surface area contributed by atoms with E-state index >= 15 is 0 Å². The normalized spacial score (nSPS) is 11.2. The van der Waals surface area contributed by atoms with E-state index in [0.717, 1.165) is 29.8 Å². The molecule has 1 aromatic heterocycles. The number of hydrogen-bond donors (Lipinski definition) is 1. The van der Waals surface area contributed by atoms with Crippen LogP contribution in [0.3, 0.4) is 0 Å². The second kappa shape index (κ2) is 12.3. The van der Waals surface area contributed by atoms with Gasteiger partial charge in [-0.25, -0.2) is 4.79 Å². The molecule has 0 bridgehead atoms. The van der Waals surface area contributed by atoms with Crippen LogP contribution < -0.4 is 5.32 Å². The molecule has 3 aromatic rings. The Morgan fingerprint density at radius 1 is 0.944 bits per heavy atom. The van der Waals surface area contributed by atoms with Crippen LogP contribution in [0.2, 0.25) is 0 Å². The average molecular weight is 501 g/mol. The van der Waals surface area contributed by atoms with Gasteiger partial charge < -0.3 is 19.7 Å². The van der Waals surface area contributed by atoms with Crippen molar-refractivity contribution < 1.29 is 22.8 Å². The van der Waals surface area contributed by atoms with Crippen LogP contribution in [0.15, 0.2) is 72.9 Å². The van der Waals surface area contributed by atoms with E-state index < -0.39 is 17.8 Å². The predicted octanol–water partition coefficient (Wildman–Crippen LogP) is 5.91. The molecule has 2 aromatic carbocycles. The van der Waals surface area contributed by atoms with Crippen molar-refractivity contribution in [2.75, 3.05) is 18.4 Å². The number of urea groups is 1. The third kappa shape index (κ3) is 7.63. The Hall–Kier alpha value is -3.75. The molecule has 0 saturated carbocycles. The molecule has 36 heavy (non-hydrogen) atoms. The minimum atomic E-state index is -4.52. The van der Waals surface area contributed by atoms with Crippen LogP contribution in [0, 0.1) is 0 Å². The first-order valence-corrected chi connectivity index (χ1v) is 11.8. The summed E-state index contributed by atoms with van der Waals surface area (Å²) in [6.07, 6.45) is -1.18. The molecule has 9 heteroatoms. The fraction of sp³-hybridized carbons (Fsp3) is 0.333. The molecule has 0 aliphatic carbocycles. The molecular weight excluding hydrogens is 469 g/mol. The molecule has 0 fully saturated rings. The van der Waals surface area contributed by atoms with Crippen LogP contribution in [0.4, 0.5) is 23.7 Å². The molecular formula is C27H31F3N4O2. The van der Waals surface area contributed by atoms with Gasteiger partial charge in [0.05, 0.1) is 12.1 Å². The monoisotopic (exact) mass is 500 g/mol. The fourth-order valence-electron chi connectivity index (χ4n) is 3.73. The first-order valence-electron chi connectivity index (χ1n) is 11.8. The SMILES string of the molecule is CCCCN(CC(=O)N(Cc1ccccc1)Cc1cccn1C)C(=O)Nc1cccc(C(F)(F)F)c1. The van der Waals surface area contributed by atoms with E-state index in [1.807, 2.05) is 67.2 Å². The zero-order chi connectivity index (χ0) is 26.1. The number of nitrogens with zero attached hydrogens (tertiary/aromatic N) is 3. The summed E-state index contributed by atoms with van der Waals surface area (Å²) in [6, 6.07) is 17.2. The van der Waals surface area contributed by atoms with E-state index in [9.17, 15) is 22.8 Å². The maximum absolute atomic E-state index is 13.4. The second-order valence-electron chi connectivity index (χ2n) is 8.63. The molecule has 0 aliphatic rings. The summed E-state index contributed by atoms with van der Waals surface area (Å²) in [7, 11) is 1.90. The number of hydrogen-bond acceptors (Lipinski definition) is 2. The summed E-state index contributed by atoms with van der Waals surface area (Å²) in [6.45, 7) is 2.79. The summed E-state index contributed by atoms with van der Waals surface area (Å²) in [5, 5.41) is 2.52. The van der Waals surface area contributed by atoms with Crippen LogP contribution in [0.5, 0.6) is 0 Å². The summed E-state index contributed by atoms with van der Waals surface area (Å²) >= 11 is 0. The zero-order valence-corrected chi connectivity index (χ0v) is 20.5. The number of carbonyl (C=O) groups is 2. The van der Waals surface area contributed by atoms with Gasteiger partial charge in [0.25, 0.3) is 0 Å². The number of benzene rings is 2. The Morgan fingerprint density at radius 2 is 1.69 bits per heavy atom. The fourth-order valence-corrected chi connectivity index (χ4v) is 3.73. The van der Waals surface area contributed by atoms with Crippen LogP contribution in [0.1, 0.15) is 36.6 Å². The van der Waals surface area contributed by atoms with Gasteiger partial charge in [0, 0.05) is 37.7 Å². The number of unbranched alkanes of at least 4 members (excludes halogenated alkanes) is 1. The Balaban J connectivity index is 1.77. The van der Waals surface area contributed by atoms with E-state index in [-0.39, 0.29) is 18.1 Å². The summed E-state index contributed by atoms with van der Waals surface area (Å²) in [4.78, 5) is 29.5. The van der Waals surface area contributed by atoms with Crippen LogP contribution in [0.25, 0.3) is 0 Å². The van der Waals surface area contributed by atoms with E-state index in [1.54, 1.807) is 4.90 Å². The second-order valence-corrected chi connectivity index (χ2v) is 8.63. The van der Waals surface area contributed by atoms with Crippen molar-refractivity contribution in [3.8, 4) is 0 Å². The number of amides is 3. The Kier molecular flexibility index (Phi) is 9.16.